The van der Waals surface area contributed by atoms with E-state index in [2.05, 4.69) is 10.9 Å². The maximum atomic E-state index is 13.5. The highest BCUT2D eigenvalue weighted by Crippen LogP contribution is 2.30. The predicted octanol–water partition coefficient (Wildman–Crippen LogP) is 2.34. The molecule has 0 bridgehead atoms. The Hall–Kier alpha value is -1.89. The molecule has 0 saturated heterocycles. The van der Waals surface area contributed by atoms with Crippen LogP contribution >= 0.6 is 0 Å². The molecule has 0 spiro atoms. The Morgan fingerprint density at radius 3 is 2.60 bits per heavy atom. The number of nitrogens with one attached hydrogen (secondary N) is 2. The highest BCUT2D eigenvalue weighted by molar-refractivity contribution is 5.92. The molecule has 1 aromatic rings. The fraction of sp³-hybridized carbons (Fsp3) is 0.308. The van der Waals surface area contributed by atoms with Gasteiger partial charge >= 0.3 is 6.18 Å². The van der Waals surface area contributed by atoms with E-state index in [4.69, 9.17) is 0 Å². The van der Waals surface area contributed by atoms with Gasteiger partial charge in [0.05, 0.1) is 12.1 Å². The van der Waals surface area contributed by atoms with E-state index in [1.165, 1.54) is 6.08 Å². The highest BCUT2D eigenvalue weighted by Gasteiger charge is 2.31. The number of hydrazine groups is 1. The number of alkyl halides is 3. The Bertz CT molecular complexity index is 552. The number of carbonyl (C=O) groups excluding carboxylic acids is 1. The van der Waals surface area contributed by atoms with Gasteiger partial charge in [0, 0.05) is 11.8 Å². The number of benzene rings is 1. The van der Waals surface area contributed by atoms with E-state index in [-0.39, 0.29) is 30.7 Å². The normalized spacial score (nSPS) is 15.8. The summed E-state index contributed by atoms with van der Waals surface area (Å²) in [4.78, 5) is 11.1. The molecule has 3 nitrogen and oxygen atoms in total. The molecule has 0 saturated carbocycles. The fourth-order valence-corrected chi connectivity index (χ4v) is 1.87. The predicted molar refractivity (Wildman–Crippen MR) is 64.0 cm³/mol. The summed E-state index contributed by atoms with van der Waals surface area (Å²) in [5.41, 5.74) is 4.98. The van der Waals surface area contributed by atoms with E-state index in [1.54, 1.807) is 0 Å². The van der Waals surface area contributed by atoms with Gasteiger partial charge in [0.15, 0.2) is 5.78 Å². The average Bonchev–Trinajstić information content (AvgIpc) is 2.36. The minimum absolute atomic E-state index is 0.0273. The molecule has 0 atom stereocenters. The van der Waals surface area contributed by atoms with Crippen molar-refractivity contribution in [2.24, 2.45) is 0 Å². The first kappa shape index (κ1) is 14.5. The lowest BCUT2D eigenvalue weighted by molar-refractivity contribution is -0.137. The van der Waals surface area contributed by atoms with Crippen LogP contribution < -0.4 is 10.9 Å². The van der Waals surface area contributed by atoms with Crippen LogP contribution in [0.1, 0.15) is 17.5 Å². The molecule has 108 valence electrons. The lowest BCUT2D eigenvalue weighted by atomic mass is 10.0. The zero-order valence-electron chi connectivity index (χ0n) is 10.4. The number of hydrogen-bond acceptors (Lipinski definition) is 3. The molecular weight excluding hydrogens is 276 g/mol. The molecule has 0 unspecified atom stereocenters. The number of rotatable bonds is 3. The van der Waals surface area contributed by atoms with Crippen molar-refractivity contribution >= 4 is 5.78 Å². The summed E-state index contributed by atoms with van der Waals surface area (Å²) in [5, 5.41) is 0. The monoisotopic (exact) mass is 288 g/mol. The number of aryl methyl sites for hydroxylation is 1. The third kappa shape index (κ3) is 3.57. The number of halogens is 4. The van der Waals surface area contributed by atoms with Crippen molar-refractivity contribution in [3.63, 3.8) is 0 Å². The van der Waals surface area contributed by atoms with Crippen LogP contribution in [-0.2, 0) is 17.4 Å². The van der Waals surface area contributed by atoms with E-state index in [0.717, 1.165) is 12.1 Å². The summed E-state index contributed by atoms with van der Waals surface area (Å²) < 4.78 is 51.1. The molecule has 0 fully saturated rings. The summed E-state index contributed by atoms with van der Waals surface area (Å²) >= 11 is 0. The molecule has 2 rings (SSSR count). The summed E-state index contributed by atoms with van der Waals surface area (Å²) in [6, 6.07) is 2.32. The summed E-state index contributed by atoms with van der Waals surface area (Å²) in [6.45, 7) is 0.154. The Morgan fingerprint density at radius 2 is 1.95 bits per heavy atom. The molecule has 0 radical (unpaired) electrons. The lowest BCUT2D eigenvalue weighted by Crippen LogP contribution is -2.39. The van der Waals surface area contributed by atoms with Crippen molar-refractivity contribution in [1.29, 1.82) is 0 Å². The minimum Gasteiger partial charge on any atom is -0.325 e. The minimum atomic E-state index is -4.50. The van der Waals surface area contributed by atoms with Crippen LogP contribution in [0.15, 0.2) is 30.0 Å². The summed E-state index contributed by atoms with van der Waals surface area (Å²) in [5.74, 6) is -0.822. The third-order valence-electron chi connectivity index (χ3n) is 2.88. The van der Waals surface area contributed by atoms with E-state index in [9.17, 15) is 22.4 Å². The van der Waals surface area contributed by atoms with Gasteiger partial charge in [-0.1, -0.05) is 0 Å². The van der Waals surface area contributed by atoms with Gasteiger partial charge < -0.3 is 5.43 Å². The average molecular weight is 288 g/mol. The van der Waals surface area contributed by atoms with E-state index < -0.39 is 17.6 Å². The highest BCUT2D eigenvalue weighted by atomic mass is 19.4. The Morgan fingerprint density at radius 1 is 1.20 bits per heavy atom. The lowest BCUT2D eigenvalue weighted by Gasteiger charge is -2.16. The zero-order chi connectivity index (χ0) is 14.8. The molecule has 1 heterocycles. The number of hydrogen-bond donors (Lipinski definition) is 2. The second-order valence-corrected chi connectivity index (χ2v) is 4.42. The zero-order valence-corrected chi connectivity index (χ0v) is 10.4. The second kappa shape index (κ2) is 5.62. The van der Waals surface area contributed by atoms with Crippen LogP contribution in [0.25, 0.3) is 0 Å². The van der Waals surface area contributed by atoms with Gasteiger partial charge in [0.25, 0.3) is 0 Å². The van der Waals surface area contributed by atoms with Gasteiger partial charge in [0.1, 0.15) is 5.82 Å². The number of allylic oxidation sites excluding steroid dienone is 1. The Kier molecular flexibility index (Phi) is 4.08. The molecule has 1 aromatic carbocycles. The Balaban J connectivity index is 2.11. The molecule has 7 heteroatoms. The maximum Gasteiger partial charge on any atom is 0.416 e. The van der Waals surface area contributed by atoms with Gasteiger partial charge in [-0.3, -0.25) is 4.79 Å². The molecule has 1 aliphatic heterocycles. The van der Waals surface area contributed by atoms with Gasteiger partial charge in [0.2, 0.25) is 0 Å². The molecule has 0 aromatic heterocycles. The van der Waals surface area contributed by atoms with Crippen molar-refractivity contribution in [3.8, 4) is 0 Å². The van der Waals surface area contributed by atoms with Crippen LogP contribution in [0.2, 0.25) is 0 Å². The first-order valence-electron chi connectivity index (χ1n) is 5.94. The van der Waals surface area contributed by atoms with Crippen molar-refractivity contribution < 1.29 is 22.4 Å². The molecule has 0 amide bonds. The van der Waals surface area contributed by atoms with Crippen LogP contribution in [0.5, 0.6) is 0 Å². The molecule has 0 aliphatic carbocycles. The van der Waals surface area contributed by atoms with Gasteiger partial charge in [-0.15, -0.1) is 0 Å². The quantitative estimate of drug-likeness (QED) is 0.839. The second-order valence-electron chi connectivity index (χ2n) is 4.42. The standard InChI is InChI=1S/C13H12F4N2O/c14-12-4-2-9(13(15,16)17)5-8(12)1-3-10-6-11(20)7-18-19-10/h2,4-6,18-19H,1,3,7H2. The van der Waals surface area contributed by atoms with Gasteiger partial charge in [-0.25, -0.2) is 9.82 Å². The summed E-state index contributed by atoms with van der Waals surface area (Å²) in [6.07, 6.45) is -2.81. The maximum absolute atomic E-state index is 13.5. The van der Waals surface area contributed by atoms with E-state index in [0.29, 0.717) is 11.8 Å². The topological polar surface area (TPSA) is 41.1 Å². The molecule has 2 N–H and O–H groups in total. The van der Waals surface area contributed by atoms with Crippen LogP contribution in [0, 0.1) is 5.82 Å². The Labute approximate surface area is 112 Å². The van der Waals surface area contributed by atoms with Crippen molar-refractivity contribution in [3.05, 3.63) is 46.9 Å². The van der Waals surface area contributed by atoms with Crippen molar-refractivity contribution in [1.82, 2.24) is 10.9 Å². The van der Waals surface area contributed by atoms with Gasteiger partial charge in [-0.2, -0.15) is 13.2 Å². The van der Waals surface area contributed by atoms with E-state index in [1.807, 2.05) is 0 Å². The first-order chi connectivity index (χ1) is 9.36. The van der Waals surface area contributed by atoms with Crippen LogP contribution in [0.4, 0.5) is 17.6 Å². The largest absolute Gasteiger partial charge is 0.416 e. The summed E-state index contributed by atoms with van der Waals surface area (Å²) in [7, 11) is 0. The molecular formula is C13H12F4N2O. The molecule has 20 heavy (non-hydrogen) atoms. The molecule has 1 aliphatic rings. The van der Waals surface area contributed by atoms with Gasteiger partial charge in [-0.05, 0) is 36.6 Å². The van der Waals surface area contributed by atoms with E-state index >= 15 is 0 Å². The fourth-order valence-electron chi connectivity index (χ4n) is 1.87. The van der Waals surface area contributed by atoms with Crippen molar-refractivity contribution in [2.45, 2.75) is 19.0 Å². The smallest absolute Gasteiger partial charge is 0.325 e. The first-order valence-corrected chi connectivity index (χ1v) is 5.94. The third-order valence-corrected chi connectivity index (χ3v) is 2.88. The number of ketones is 1. The number of carbonyl (C=O) groups is 1. The SMILES string of the molecule is O=C1C=C(CCc2cc(C(F)(F)F)ccc2F)NNC1. The van der Waals surface area contributed by atoms with Crippen LogP contribution in [-0.4, -0.2) is 12.3 Å². The van der Waals surface area contributed by atoms with Crippen LogP contribution in [0.3, 0.4) is 0 Å². The van der Waals surface area contributed by atoms with Crippen molar-refractivity contribution in [2.75, 3.05) is 6.54 Å².